The lowest BCUT2D eigenvalue weighted by atomic mass is 9.96. The molecule has 6 heteroatoms. The first-order valence-corrected chi connectivity index (χ1v) is 12.1. The number of likely N-dealkylation sites (N-methyl/N-ethyl adjacent to an activating group) is 1. The van der Waals surface area contributed by atoms with Crippen molar-refractivity contribution in [1.82, 2.24) is 15.1 Å². The van der Waals surface area contributed by atoms with Crippen LogP contribution in [-0.2, 0) is 16.1 Å². The lowest BCUT2D eigenvalue weighted by molar-refractivity contribution is -0.127. The average molecular weight is 444 g/mol. The number of hydrogen-bond donors (Lipinski definition) is 1. The predicted molar refractivity (Wildman–Crippen MR) is 127 cm³/mol. The summed E-state index contributed by atoms with van der Waals surface area (Å²) in [5.74, 6) is 1.35. The summed E-state index contributed by atoms with van der Waals surface area (Å²) < 4.78 is 5.52. The molecule has 4 atom stereocenters. The molecule has 2 aliphatic rings. The van der Waals surface area contributed by atoms with Crippen LogP contribution in [0.15, 0.2) is 30.3 Å². The van der Waals surface area contributed by atoms with Gasteiger partial charge in [0, 0.05) is 32.7 Å². The van der Waals surface area contributed by atoms with Crippen molar-refractivity contribution in [2.75, 3.05) is 20.1 Å². The van der Waals surface area contributed by atoms with Gasteiger partial charge in [0.1, 0.15) is 11.6 Å². The topological polar surface area (TPSA) is 61.9 Å². The van der Waals surface area contributed by atoms with Crippen molar-refractivity contribution >= 4 is 12.0 Å². The molecule has 0 unspecified atom stereocenters. The van der Waals surface area contributed by atoms with Gasteiger partial charge in [-0.25, -0.2) is 4.79 Å². The number of nitrogens with one attached hydrogen (secondary N) is 1. The van der Waals surface area contributed by atoms with Crippen LogP contribution in [0.4, 0.5) is 4.79 Å². The van der Waals surface area contributed by atoms with Crippen molar-refractivity contribution in [3.05, 3.63) is 35.9 Å². The van der Waals surface area contributed by atoms with Crippen molar-refractivity contribution < 1.29 is 14.3 Å². The lowest BCUT2D eigenvalue weighted by Gasteiger charge is -2.32. The van der Waals surface area contributed by atoms with Crippen LogP contribution in [0.5, 0.6) is 0 Å². The molecule has 1 aliphatic carbocycles. The first-order chi connectivity index (χ1) is 15.0. The fourth-order valence-electron chi connectivity index (χ4n) is 5.14. The number of hydrogen-bond acceptors (Lipinski definition) is 4. The molecule has 2 amide bonds. The number of benzene rings is 1. The molecule has 0 radical (unpaired) electrons. The summed E-state index contributed by atoms with van der Waals surface area (Å²) >= 11 is 0. The smallest absolute Gasteiger partial charge is 0.410 e. The van der Waals surface area contributed by atoms with Crippen molar-refractivity contribution in [2.45, 2.75) is 78.1 Å². The van der Waals surface area contributed by atoms with Gasteiger partial charge in [0.05, 0.1) is 0 Å². The number of amides is 2. The Morgan fingerprint density at radius 2 is 1.84 bits per heavy atom. The Bertz CT molecular complexity index is 774. The van der Waals surface area contributed by atoms with Gasteiger partial charge in [0.25, 0.3) is 0 Å². The highest BCUT2D eigenvalue weighted by atomic mass is 16.6. The number of carbonyl (C=O) groups excluding carboxylic acids is 2. The Hall–Kier alpha value is -2.08. The van der Waals surface area contributed by atoms with Gasteiger partial charge in [-0.15, -0.1) is 0 Å². The summed E-state index contributed by atoms with van der Waals surface area (Å²) in [5, 5.41) is 3.32. The van der Waals surface area contributed by atoms with E-state index in [1.54, 1.807) is 7.05 Å². The molecule has 3 rings (SSSR count). The molecule has 1 saturated carbocycles. The van der Waals surface area contributed by atoms with E-state index >= 15 is 0 Å². The number of carbonyl (C=O) groups is 2. The Morgan fingerprint density at radius 1 is 1.16 bits per heavy atom. The van der Waals surface area contributed by atoms with Gasteiger partial charge in [-0.1, -0.05) is 44.2 Å². The summed E-state index contributed by atoms with van der Waals surface area (Å²) in [4.78, 5) is 30.0. The number of fused-ring (bicyclic) bond motifs is 1. The van der Waals surface area contributed by atoms with Gasteiger partial charge >= 0.3 is 6.09 Å². The molecule has 1 heterocycles. The maximum absolute atomic E-state index is 13.3. The second-order valence-electron chi connectivity index (χ2n) is 11.0. The number of rotatable bonds is 7. The second kappa shape index (κ2) is 10.2. The third-order valence-corrected chi connectivity index (χ3v) is 6.66. The van der Waals surface area contributed by atoms with Crippen molar-refractivity contribution in [3.8, 4) is 0 Å². The summed E-state index contributed by atoms with van der Waals surface area (Å²) in [6.45, 7) is 12.8. The summed E-state index contributed by atoms with van der Waals surface area (Å²) in [6, 6.07) is 10.2. The molecule has 1 aromatic rings. The van der Waals surface area contributed by atoms with Crippen LogP contribution in [0.2, 0.25) is 0 Å². The second-order valence-corrected chi connectivity index (χ2v) is 11.0. The molecule has 2 fully saturated rings. The summed E-state index contributed by atoms with van der Waals surface area (Å²) in [6.07, 6.45) is 2.34. The van der Waals surface area contributed by atoms with Crippen LogP contribution < -0.4 is 5.32 Å². The van der Waals surface area contributed by atoms with Crippen molar-refractivity contribution in [2.24, 2.45) is 17.8 Å². The SMILES string of the molecule is CC(C)C[C@H](C(=O)N[C@@H]1CC[C@H]2CN(Cc3ccccc3)C[C@H]21)N(C)C(=O)OC(C)(C)C. The van der Waals surface area contributed by atoms with Gasteiger partial charge in [0.15, 0.2) is 0 Å². The highest BCUT2D eigenvalue weighted by Gasteiger charge is 2.44. The van der Waals surface area contributed by atoms with Gasteiger partial charge in [-0.3, -0.25) is 14.6 Å². The molecule has 178 valence electrons. The van der Waals surface area contributed by atoms with Gasteiger partial charge < -0.3 is 10.1 Å². The minimum Gasteiger partial charge on any atom is -0.444 e. The normalized spacial score (nSPS) is 24.3. The monoisotopic (exact) mass is 443 g/mol. The first kappa shape index (κ1) is 24.6. The van der Waals surface area contributed by atoms with E-state index in [0.717, 1.165) is 32.5 Å². The third kappa shape index (κ3) is 6.47. The molecule has 32 heavy (non-hydrogen) atoms. The minimum atomic E-state index is -0.588. The van der Waals surface area contributed by atoms with E-state index in [1.165, 1.54) is 10.5 Å². The van der Waals surface area contributed by atoms with E-state index < -0.39 is 17.7 Å². The van der Waals surface area contributed by atoms with Crippen molar-refractivity contribution in [3.63, 3.8) is 0 Å². The van der Waals surface area contributed by atoms with Crippen LogP contribution in [0, 0.1) is 17.8 Å². The highest BCUT2D eigenvalue weighted by Crippen LogP contribution is 2.38. The molecule has 1 aromatic carbocycles. The zero-order valence-electron chi connectivity index (χ0n) is 20.6. The molecule has 0 bridgehead atoms. The maximum Gasteiger partial charge on any atom is 0.410 e. The molecule has 1 aliphatic heterocycles. The lowest BCUT2D eigenvalue weighted by Crippen LogP contribution is -2.52. The Kier molecular flexibility index (Phi) is 7.86. The standard InChI is InChI=1S/C26H41N3O3/c1-18(2)14-23(28(6)25(31)32-26(3,4)5)24(30)27-22-13-12-20-16-29(17-21(20)22)15-19-10-8-7-9-11-19/h7-11,18,20-23H,12-17H2,1-6H3,(H,27,30)/t20-,21+,22+,23+/m0/s1. The maximum atomic E-state index is 13.3. The van der Waals surface area contributed by atoms with E-state index in [2.05, 4.69) is 54.4 Å². The van der Waals surface area contributed by atoms with Crippen molar-refractivity contribution in [1.29, 1.82) is 0 Å². The fourth-order valence-corrected chi connectivity index (χ4v) is 5.14. The summed E-state index contributed by atoms with van der Waals surface area (Å²) in [7, 11) is 1.68. The van der Waals surface area contributed by atoms with Gasteiger partial charge in [-0.2, -0.15) is 0 Å². The average Bonchev–Trinajstić information content (AvgIpc) is 3.26. The molecule has 0 aromatic heterocycles. The molecular weight excluding hydrogens is 402 g/mol. The molecule has 1 N–H and O–H groups in total. The molecule has 0 spiro atoms. The number of ether oxygens (including phenoxy) is 1. The van der Waals surface area contributed by atoms with E-state index in [1.807, 2.05) is 20.8 Å². The van der Waals surface area contributed by atoms with E-state index in [9.17, 15) is 9.59 Å². The van der Waals surface area contributed by atoms with E-state index in [0.29, 0.717) is 24.2 Å². The molecule has 1 saturated heterocycles. The molecular formula is C26H41N3O3. The van der Waals surface area contributed by atoms with Crippen LogP contribution >= 0.6 is 0 Å². The highest BCUT2D eigenvalue weighted by molar-refractivity contribution is 5.86. The first-order valence-electron chi connectivity index (χ1n) is 12.1. The number of nitrogens with zero attached hydrogens (tertiary/aromatic N) is 2. The third-order valence-electron chi connectivity index (χ3n) is 6.66. The van der Waals surface area contributed by atoms with E-state index in [-0.39, 0.29) is 11.9 Å². The van der Waals surface area contributed by atoms with E-state index in [4.69, 9.17) is 4.74 Å². The van der Waals surface area contributed by atoms with Crippen LogP contribution in [0.3, 0.4) is 0 Å². The Labute approximate surface area is 193 Å². The summed E-state index contributed by atoms with van der Waals surface area (Å²) in [5.41, 5.74) is 0.749. The zero-order valence-corrected chi connectivity index (χ0v) is 20.6. The van der Waals surface area contributed by atoms with Crippen LogP contribution in [-0.4, -0.2) is 59.6 Å². The van der Waals surface area contributed by atoms with Gasteiger partial charge in [0.2, 0.25) is 5.91 Å². The largest absolute Gasteiger partial charge is 0.444 e. The van der Waals surface area contributed by atoms with Crippen LogP contribution in [0.25, 0.3) is 0 Å². The predicted octanol–water partition coefficient (Wildman–Crippen LogP) is 4.29. The van der Waals surface area contributed by atoms with Gasteiger partial charge in [-0.05, 0) is 63.4 Å². The van der Waals surface area contributed by atoms with Crippen LogP contribution in [0.1, 0.15) is 59.4 Å². The zero-order chi connectivity index (χ0) is 23.5. The minimum absolute atomic E-state index is 0.0563. The Balaban J connectivity index is 1.61. The quantitative estimate of drug-likeness (QED) is 0.683. The molecule has 6 nitrogen and oxygen atoms in total. The fraction of sp³-hybridized carbons (Fsp3) is 0.692. The number of likely N-dealkylation sites (tertiary alicyclic amines) is 1. The Morgan fingerprint density at radius 3 is 2.47 bits per heavy atom.